The van der Waals surface area contributed by atoms with Crippen LogP contribution in [0.2, 0.25) is 10.2 Å². The van der Waals surface area contributed by atoms with E-state index < -0.39 is 12.1 Å². The van der Waals surface area contributed by atoms with Gasteiger partial charge >= 0.3 is 6.09 Å². The molecule has 1 atom stereocenters. The summed E-state index contributed by atoms with van der Waals surface area (Å²) in [5.41, 5.74) is 4.31. The number of halogens is 2. The van der Waals surface area contributed by atoms with E-state index in [0.29, 0.717) is 39.8 Å². The molecule has 242 valence electrons. The zero-order chi connectivity index (χ0) is 33.3. The molecule has 15 nitrogen and oxygen atoms in total. The Morgan fingerprint density at radius 2 is 1.85 bits per heavy atom. The van der Waals surface area contributed by atoms with Crippen LogP contribution in [0.4, 0.5) is 10.5 Å². The maximum Gasteiger partial charge on any atom is 0.411 e. The van der Waals surface area contributed by atoms with E-state index in [1.165, 1.54) is 18.1 Å². The largest absolute Gasteiger partial charge is 0.453 e. The van der Waals surface area contributed by atoms with Gasteiger partial charge in [-0.25, -0.2) is 14.5 Å². The summed E-state index contributed by atoms with van der Waals surface area (Å²) in [6, 6.07) is 11.1. The summed E-state index contributed by atoms with van der Waals surface area (Å²) in [4.78, 5) is 54.0. The maximum atomic E-state index is 13.3. The van der Waals surface area contributed by atoms with Gasteiger partial charge in [0.25, 0.3) is 0 Å². The molecule has 0 saturated carbocycles. The van der Waals surface area contributed by atoms with Crippen molar-refractivity contribution in [1.82, 2.24) is 50.8 Å². The molecule has 0 unspecified atom stereocenters. The molecule has 0 aliphatic carbocycles. The first-order valence-corrected chi connectivity index (χ1v) is 15.0. The lowest BCUT2D eigenvalue weighted by Gasteiger charge is -2.17. The summed E-state index contributed by atoms with van der Waals surface area (Å²) >= 11 is 12.8. The number of tetrazole rings is 1. The van der Waals surface area contributed by atoms with Crippen LogP contribution in [0.3, 0.4) is 0 Å². The fourth-order valence-electron chi connectivity index (χ4n) is 4.54. The zero-order valence-corrected chi connectivity index (χ0v) is 26.7. The predicted octanol–water partition coefficient (Wildman–Crippen LogP) is 4.13. The Hall–Kier alpha value is -5.41. The zero-order valence-electron chi connectivity index (χ0n) is 25.2. The fraction of sp³-hybridized carbons (Fsp3) is 0.233. The number of carbonyl (C=O) groups excluding carboxylic acids is 3. The van der Waals surface area contributed by atoms with Crippen LogP contribution in [0.25, 0.3) is 16.9 Å². The van der Waals surface area contributed by atoms with E-state index in [4.69, 9.17) is 23.2 Å². The van der Waals surface area contributed by atoms with E-state index in [9.17, 15) is 14.4 Å². The summed E-state index contributed by atoms with van der Waals surface area (Å²) in [5, 5.41) is 20.3. The molecule has 4 N–H and O–H groups in total. The average Bonchev–Trinajstić information content (AvgIpc) is 3.74. The molecule has 3 amide bonds. The lowest BCUT2D eigenvalue weighted by molar-refractivity contribution is -0.123. The number of methoxy groups -OCH3 is 1. The van der Waals surface area contributed by atoms with E-state index in [0.717, 1.165) is 11.3 Å². The number of aromatic nitrogens is 8. The number of aromatic amines is 1. The molecule has 5 aromatic rings. The summed E-state index contributed by atoms with van der Waals surface area (Å²) in [5.74, 6) is -0.430. The highest BCUT2D eigenvalue weighted by atomic mass is 35.5. The highest BCUT2D eigenvalue weighted by Gasteiger charge is 2.24. The summed E-state index contributed by atoms with van der Waals surface area (Å²) in [6.07, 6.45) is 4.25. The Kier molecular flexibility index (Phi) is 10.7. The van der Waals surface area contributed by atoms with Gasteiger partial charge < -0.3 is 20.4 Å². The second kappa shape index (κ2) is 15.2. The SMILES string of the molecule is COC(=O)Nc1ccc(-c2nc([C@H](CC(=O)NCc3cnc(C)cn3)NC(=O)CCc3cc(Cl)ccc3-n3cnnn3)[nH]c2Cl)cc1. The quantitative estimate of drug-likeness (QED) is 0.149. The van der Waals surface area contributed by atoms with Crippen molar-refractivity contribution < 1.29 is 19.1 Å². The highest BCUT2D eigenvalue weighted by Crippen LogP contribution is 2.29. The molecule has 3 aromatic heterocycles. The minimum Gasteiger partial charge on any atom is -0.453 e. The van der Waals surface area contributed by atoms with Crippen molar-refractivity contribution in [2.45, 2.75) is 38.8 Å². The topological polar surface area (TPSA) is 195 Å². The van der Waals surface area contributed by atoms with Gasteiger partial charge in [-0.15, -0.1) is 5.10 Å². The Morgan fingerprint density at radius 3 is 2.55 bits per heavy atom. The molecule has 0 saturated heterocycles. The molecule has 0 fully saturated rings. The fourth-order valence-corrected chi connectivity index (χ4v) is 4.99. The minimum atomic E-state index is -0.864. The standard InChI is InChI=1S/C30H29Cl2N11O4/c1-17-13-34-22(14-33-17)15-35-26(45)12-23(29-39-27(28(32)40-29)18-3-7-21(8-4-18)37-30(46)47-2)38-25(44)10-5-19-11-20(31)6-9-24(19)43-16-36-41-42-43/h3-4,6-9,11,13-14,16,23H,5,10,12,15H2,1-2H3,(H,35,45)(H,37,46)(H,38,44)(H,39,40)/t23-/m0/s1. The average molecular weight is 679 g/mol. The van der Waals surface area contributed by atoms with Crippen molar-refractivity contribution in [2.24, 2.45) is 0 Å². The summed E-state index contributed by atoms with van der Waals surface area (Å²) in [7, 11) is 1.27. The first-order chi connectivity index (χ1) is 22.7. The van der Waals surface area contributed by atoms with Crippen LogP contribution in [-0.2, 0) is 27.3 Å². The van der Waals surface area contributed by atoms with Gasteiger partial charge in [-0.05, 0) is 59.7 Å². The molecule has 47 heavy (non-hydrogen) atoms. The van der Waals surface area contributed by atoms with Gasteiger partial charge in [-0.3, -0.25) is 24.9 Å². The lowest BCUT2D eigenvalue weighted by atomic mass is 10.1. The number of nitrogens with one attached hydrogen (secondary N) is 4. The third kappa shape index (κ3) is 8.86. The number of H-pyrrole nitrogens is 1. The number of benzene rings is 2. The third-order valence-electron chi connectivity index (χ3n) is 6.88. The van der Waals surface area contributed by atoms with E-state index in [2.05, 4.69) is 56.1 Å². The molecule has 5 rings (SSSR count). The third-order valence-corrected chi connectivity index (χ3v) is 7.39. The van der Waals surface area contributed by atoms with Crippen LogP contribution in [0, 0.1) is 6.92 Å². The molecule has 3 heterocycles. The van der Waals surface area contributed by atoms with E-state index in [1.54, 1.807) is 54.9 Å². The van der Waals surface area contributed by atoms with Gasteiger partial charge in [0, 0.05) is 28.9 Å². The van der Waals surface area contributed by atoms with Crippen molar-refractivity contribution in [2.75, 3.05) is 12.4 Å². The number of anilines is 1. The van der Waals surface area contributed by atoms with Crippen molar-refractivity contribution in [1.29, 1.82) is 0 Å². The Labute approximate surface area is 278 Å². The van der Waals surface area contributed by atoms with Gasteiger partial charge in [0.1, 0.15) is 23.0 Å². The predicted molar refractivity (Wildman–Crippen MR) is 172 cm³/mol. The van der Waals surface area contributed by atoms with Gasteiger partial charge in [0.2, 0.25) is 11.8 Å². The van der Waals surface area contributed by atoms with Crippen LogP contribution in [0.15, 0.2) is 61.2 Å². The molecule has 0 bridgehead atoms. The van der Waals surface area contributed by atoms with Gasteiger partial charge in [-0.2, -0.15) is 0 Å². The second-order valence-electron chi connectivity index (χ2n) is 10.3. The summed E-state index contributed by atoms with van der Waals surface area (Å²) in [6.45, 7) is 1.97. The Balaban J connectivity index is 1.33. The van der Waals surface area contributed by atoms with Crippen LogP contribution in [0.5, 0.6) is 0 Å². The molecule has 0 spiro atoms. The number of ether oxygens (including phenoxy) is 1. The van der Waals surface area contributed by atoms with Crippen molar-refractivity contribution in [3.05, 3.63) is 94.1 Å². The second-order valence-corrected chi connectivity index (χ2v) is 11.1. The number of hydrogen-bond donors (Lipinski definition) is 4. The van der Waals surface area contributed by atoms with E-state index >= 15 is 0 Å². The number of hydrogen-bond acceptors (Lipinski definition) is 10. The number of rotatable bonds is 12. The minimum absolute atomic E-state index is 0.0580. The van der Waals surface area contributed by atoms with Crippen molar-refractivity contribution in [3.8, 4) is 16.9 Å². The molecule has 0 aliphatic rings. The van der Waals surface area contributed by atoms with E-state index in [1.807, 2.05) is 6.92 Å². The molecule has 2 aromatic carbocycles. The van der Waals surface area contributed by atoms with Crippen LogP contribution in [0.1, 0.15) is 41.7 Å². The molecule has 0 radical (unpaired) electrons. The Morgan fingerprint density at radius 1 is 1.04 bits per heavy atom. The molecule has 17 heteroatoms. The first kappa shape index (κ1) is 33.0. The van der Waals surface area contributed by atoms with Gasteiger partial charge in [0.05, 0.1) is 49.4 Å². The van der Waals surface area contributed by atoms with Crippen molar-refractivity contribution in [3.63, 3.8) is 0 Å². The number of nitrogens with zero attached hydrogens (tertiary/aromatic N) is 7. The number of imidazole rings is 1. The number of carbonyl (C=O) groups is 3. The van der Waals surface area contributed by atoms with Gasteiger partial charge in [-0.1, -0.05) is 35.3 Å². The van der Waals surface area contributed by atoms with Crippen LogP contribution >= 0.6 is 23.2 Å². The maximum absolute atomic E-state index is 13.3. The monoisotopic (exact) mass is 677 g/mol. The van der Waals surface area contributed by atoms with Gasteiger partial charge in [0.15, 0.2) is 0 Å². The highest BCUT2D eigenvalue weighted by molar-refractivity contribution is 6.32. The molecule has 0 aliphatic heterocycles. The summed E-state index contributed by atoms with van der Waals surface area (Å²) < 4.78 is 6.11. The van der Waals surface area contributed by atoms with Crippen LogP contribution in [-0.4, -0.2) is 65.2 Å². The van der Waals surface area contributed by atoms with Crippen molar-refractivity contribution >= 4 is 46.8 Å². The normalized spacial score (nSPS) is 11.5. The van der Waals surface area contributed by atoms with E-state index in [-0.39, 0.29) is 42.2 Å². The first-order valence-electron chi connectivity index (χ1n) is 14.2. The van der Waals surface area contributed by atoms with Crippen LogP contribution < -0.4 is 16.0 Å². The molecular weight excluding hydrogens is 649 g/mol. The number of amides is 3. The Bertz CT molecular complexity index is 1850. The smallest absolute Gasteiger partial charge is 0.411 e. The lowest BCUT2D eigenvalue weighted by Crippen LogP contribution is -2.34. The molecular formula is C30H29Cl2N11O4. The number of aryl methyl sites for hydroxylation is 2.